The maximum absolute atomic E-state index is 10.6. The van der Waals surface area contributed by atoms with Crippen LogP contribution in [0.2, 0.25) is 0 Å². The van der Waals surface area contributed by atoms with E-state index in [1.165, 1.54) is 5.56 Å². The molecule has 0 unspecified atom stereocenters. The number of hydrogen-bond acceptors (Lipinski definition) is 2. The molecule has 0 saturated carbocycles. The van der Waals surface area contributed by atoms with Gasteiger partial charge in [-0.15, -0.1) is 0 Å². The van der Waals surface area contributed by atoms with Gasteiger partial charge in [0, 0.05) is 5.69 Å². The van der Waals surface area contributed by atoms with Gasteiger partial charge >= 0.3 is 6.03 Å². The van der Waals surface area contributed by atoms with Gasteiger partial charge in [-0.05, 0) is 43.5 Å². The molecule has 0 saturated heterocycles. The second kappa shape index (κ2) is 6.03. The first-order valence-electron chi connectivity index (χ1n) is 5.08. The predicted molar refractivity (Wildman–Crippen MR) is 61.6 cm³/mol. The molecule has 4 nitrogen and oxygen atoms in total. The standard InChI is InChI=1S/C11H17N3O/c12-7-2-1-4-9-5-3-6-10(8-9)14-11(13)15/h3,5-6,8H,1-2,4,7,12H2,(H3,13,14,15). The Labute approximate surface area is 89.6 Å². The first-order valence-corrected chi connectivity index (χ1v) is 5.08. The number of urea groups is 1. The van der Waals surface area contributed by atoms with Crippen LogP contribution in [0.3, 0.4) is 0 Å². The van der Waals surface area contributed by atoms with Crippen molar-refractivity contribution in [3.63, 3.8) is 0 Å². The fourth-order valence-electron chi connectivity index (χ4n) is 1.42. The number of nitrogens with two attached hydrogens (primary N) is 2. The number of anilines is 1. The minimum absolute atomic E-state index is 0.533. The summed E-state index contributed by atoms with van der Waals surface area (Å²) >= 11 is 0. The molecule has 0 spiro atoms. The third-order valence-electron chi connectivity index (χ3n) is 2.11. The zero-order valence-electron chi connectivity index (χ0n) is 8.70. The second-order valence-corrected chi connectivity index (χ2v) is 3.44. The molecule has 1 aromatic carbocycles. The average molecular weight is 207 g/mol. The Hall–Kier alpha value is -1.55. The van der Waals surface area contributed by atoms with E-state index in [-0.39, 0.29) is 0 Å². The molecule has 0 atom stereocenters. The van der Waals surface area contributed by atoms with Gasteiger partial charge in [-0.1, -0.05) is 12.1 Å². The number of amides is 2. The lowest BCUT2D eigenvalue weighted by molar-refractivity contribution is 0.259. The van der Waals surface area contributed by atoms with Crippen molar-refractivity contribution in [1.82, 2.24) is 0 Å². The van der Waals surface area contributed by atoms with Crippen molar-refractivity contribution in [2.24, 2.45) is 11.5 Å². The molecule has 0 aliphatic carbocycles. The number of unbranched alkanes of at least 4 members (excludes halogenated alkanes) is 1. The van der Waals surface area contributed by atoms with Gasteiger partial charge in [0.2, 0.25) is 0 Å². The van der Waals surface area contributed by atoms with Crippen LogP contribution in [0, 0.1) is 0 Å². The molecule has 0 aliphatic rings. The lowest BCUT2D eigenvalue weighted by atomic mass is 10.1. The number of carbonyl (C=O) groups excluding carboxylic acids is 1. The average Bonchev–Trinajstić information content (AvgIpc) is 2.18. The van der Waals surface area contributed by atoms with Gasteiger partial charge in [0.15, 0.2) is 0 Å². The normalized spacial score (nSPS) is 9.93. The van der Waals surface area contributed by atoms with Crippen LogP contribution >= 0.6 is 0 Å². The van der Waals surface area contributed by atoms with Crippen molar-refractivity contribution >= 4 is 11.7 Å². The molecule has 15 heavy (non-hydrogen) atoms. The third kappa shape index (κ3) is 4.46. The zero-order valence-corrected chi connectivity index (χ0v) is 8.70. The van der Waals surface area contributed by atoms with Gasteiger partial charge in [0.05, 0.1) is 0 Å². The van der Waals surface area contributed by atoms with E-state index in [1.807, 2.05) is 24.3 Å². The summed E-state index contributed by atoms with van der Waals surface area (Å²) in [6, 6.07) is 7.15. The van der Waals surface area contributed by atoms with E-state index in [1.54, 1.807) is 0 Å². The van der Waals surface area contributed by atoms with Gasteiger partial charge in [-0.2, -0.15) is 0 Å². The monoisotopic (exact) mass is 207 g/mol. The largest absolute Gasteiger partial charge is 0.351 e. The lowest BCUT2D eigenvalue weighted by Gasteiger charge is -2.05. The number of carbonyl (C=O) groups is 1. The van der Waals surface area contributed by atoms with Crippen molar-refractivity contribution < 1.29 is 4.79 Å². The fourth-order valence-corrected chi connectivity index (χ4v) is 1.42. The summed E-state index contributed by atoms with van der Waals surface area (Å²) in [6.07, 6.45) is 3.06. The van der Waals surface area contributed by atoms with Gasteiger partial charge in [-0.25, -0.2) is 4.79 Å². The lowest BCUT2D eigenvalue weighted by Crippen LogP contribution is -2.19. The Kier molecular flexibility index (Phi) is 4.63. The van der Waals surface area contributed by atoms with Crippen LogP contribution < -0.4 is 16.8 Å². The quantitative estimate of drug-likeness (QED) is 0.639. The van der Waals surface area contributed by atoms with Gasteiger partial charge in [-0.3, -0.25) is 0 Å². The molecular formula is C11H17N3O. The van der Waals surface area contributed by atoms with Crippen LogP contribution in [0.4, 0.5) is 10.5 Å². The molecule has 0 aliphatic heterocycles. The molecule has 4 heteroatoms. The zero-order chi connectivity index (χ0) is 11.1. The molecule has 0 bridgehead atoms. The summed E-state index contributed by atoms with van der Waals surface area (Å²) in [5.74, 6) is 0. The van der Waals surface area contributed by atoms with E-state index >= 15 is 0 Å². The SMILES string of the molecule is NCCCCc1cccc(NC(N)=O)c1. The van der Waals surface area contributed by atoms with Crippen LogP contribution in [0.1, 0.15) is 18.4 Å². The molecule has 0 fully saturated rings. The van der Waals surface area contributed by atoms with Gasteiger partial charge in [0.1, 0.15) is 0 Å². The molecule has 1 rings (SSSR count). The fraction of sp³-hybridized carbons (Fsp3) is 0.364. The maximum Gasteiger partial charge on any atom is 0.316 e. The summed E-state index contributed by atoms with van der Waals surface area (Å²) in [7, 11) is 0. The van der Waals surface area contributed by atoms with Crippen molar-refractivity contribution in [1.29, 1.82) is 0 Å². The van der Waals surface area contributed by atoms with Crippen molar-refractivity contribution in [2.45, 2.75) is 19.3 Å². The Morgan fingerprint density at radius 3 is 2.80 bits per heavy atom. The Morgan fingerprint density at radius 2 is 2.13 bits per heavy atom. The van der Waals surface area contributed by atoms with Gasteiger partial charge < -0.3 is 16.8 Å². The molecular weight excluding hydrogens is 190 g/mol. The number of benzene rings is 1. The molecule has 5 N–H and O–H groups in total. The molecule has 82 valence electrons. The first kappa shape index (κ1) is 11.5. The summed E-state index contributed by atoms with van der Waals surface area (Å²) in [6.45, 7) is 0.721. The van der Waals surface area contributed by atoms with E-state index in [0.29, 0.717) is 0 Å². The van der Waals surface area contributed by atoms with Crippen LogP contribution in [0.15, 0.2) is 24.3 Å². The smallest absolute Gasteiger partial charge is 0.316 e. The predicted octanol–water partition coefficient (Wildman–Crippen LogP) is 1.46. The van der Waals surface area contributed by atoms with E-state index in [2.05, 4.69) is 5.32 Å². The highest BCUT2D eigenvalue weighted by Crippen LogP contribution is 2.12. The second-order valence-electron chi connectivity index (χ2n) is 3.44. The van der Waals surface area contributed by atoms with Crippen molar-refractivity contribution in [3.05, 3.63) is 29.8 Å². The van der Waals surface area contributed by atoms with E-state index in [4.69, 9.17) is 11.5 Å². The summed E-state index contributed by atoms with van der Waals surface area (Å²) in [5, 5.41) is 2.55. The number of primary amides is 1. The maximum atomic E-state index is 10.6. The molecule has 2 amide bonds. The van der Waals surface area contributed by atoms with E-state index in [9.17, 15) is 4.79 Å². The Morgan fingerprint density at radius 1 is 1.33 bits per heavy atom. The number of nitrogens with one attached hydrogen (secondary N) is 1. The van der Waals surface area contributed by atoms with E-state index < -0.39 is 6.03 Å². The highest BCUT2D eigenvalue weighted by Gasteiger charge is 1.98. The Bertz CT molecular complexity index is 325. The minimum atomic E-state index is -0.533. The molecule has 1 aromatic rings. The summed E-state index contributed by atoms with van der Waals surface area (Å²) in [5.41, 5.74) is 12.4. The van der Waals surface area contributed by atoms with Crippen molar-refractivity contribution in [2.75, 3.05) is 11.9 Å². The van der Waals surface area contributed by atoms with Crippen molar-refractivity contribution in [3.8, 4) is 0 Å². The van der Waals surface area contributed by atoms with Crippen LogP contribution in [-0.4, -0.2) is 12.6 Å². The highest BCUT2D eigenvalue weighted by atomic mass is 16.2. The van der Waals surface area contributed by atoms with Gasteiger partial charge in [0.25, 0.3) is 0 Å². The highest BCUT2D eigenvalue weighted by molar-refractivity contribution is 5.87. The van der Waals surface area contributed by atoms with Crippen LogP contribution in [0.25, 0.3) is 0 Å². The minimum Gasteiger partial charge on any atom is -0.351 e. The topological polar surface area (TPSA) is 81.1 Å². The molecule has 0 heterocycles. The van der Waals surface area contributed by atoms with Crippen LogP contribution in [0.5, 0.6) is 0 Å². The summed E-state index contributed by atoms with van der Waals surface area (Å²) in [4.78, 5) is 10.6. The summed E-state index contributed by atoms with van der Waals surface area (Å²) < 4.78 is 0. The Balaban J connectivity index is 2.53. The number of hydrogen-bond donors (Lipinski definition) is 3. The molecule has 0 radical (unpaired) electrons. The third-order valence-corrected chi connectivity index (χ3v) is 2.11. The van der Waals surface area contributed by atoms with E-state index in [0.717, 1.165) is 31.5 Å². The number of rotatable bonds is 5. The first-order chi connectivity index (χ1) is 7.22. The molecule has 0 aromatic heterocycles. The number of aryl methyl sites for hydroxylation is 1. The van der Waals surface area contributed by atoms with Crippen LogP contribution in [-0.2, 0) is 6.42 Å².